The van der Waals surface area contributed by atoms with Crippen molar-refractivity contribution in [2.75, 3.05) is 13.7 Å². The number of nitrogens with zero attached hydrogens (tertiary/aromatic N) is 2. The molecule has 0 amide bonds. The van der Waals surface area contributed by atoms with Gasteiger partial charge in [0.15, 0.2) is 5.78 Å². The summed E-state index contributed by atoms with van der Waals surface area (Å²) < 4.78 is 52.4. The van der Waals surface area contributed by atoms with Gasteiger partial charge in [-0.15, -0.1) is 0 Å². The van der Waals surface area contributed by atoms with Crippen LogP contribution in [0.1, 0.15) is 37.9 Å². The van der Waals surface area contributed by atoms with Crippen LogP contribution in [0.15, 0.2) is 52.0 Å². The number of methoxy groups -OCH3 is 1. The van der Waals surface area contributed by atoms with Crippen LogP contribution in [0, 0.1) is 19.7 Å². The molecular weight excluding hydrogens is 439 g/mol. The van der Waals surface area contributed by atoms with Crippen molar-refractivity contribution in [3.8, 4) is 0 Å². The van der Waals surface area contributed by atoms with Crippen molar-refractivity contribution in [1.29, 1.82) is 0 Å². The number of ketones is 1. The van der Waals surface area contributed by atoms with Crippen molar-refractivity contribution in [3.63, 3.8) is 0 Å². The lowest BCUT2D eigenvalue weighted by Gasteiger charge is -2.21. The zero-order chi connectivity index (χ0) is 23.6. The predicted molar refractivity (Wildman–Crippen MR) is 113 cm³/mol. The van der Waals surface area contributed by atoms with E-state index in [1.54, 1.807) is 37.6 Å². The monoisotopic (exact) mass is 462 g/mol. The van der Waals surface area contributed by atoms with Gasteiger partial charge in [-0.25, -0.2) is 17.6 Å². The average molecular weight is 462 g/mol. The Morgan fingerprint density at radius 3 is 2.38 bits per heavy atom. The van der Waals surface area contributed by atoms with E-state index in [-0.39, 0.29) is 22.7 Å². The maximum atomic E-state index is 13.3. The third-order valence-corrected chi connectivity index (χ3v) is 7.08. The molecule has 8 nitrogen and oxygen atoms in total. The molecule has 0 saturated carbocycles. The van der Waals surface area contributed by atoms with Crippen molar-refractivity contribution in [2.45, 2.75) is 25.3 Å². The van der Waals surface area contributed by atoms with Gasteiger partial charge >= 0.3 is 5.97 Å². The Morgan fingerprint density at radius 2 is 1.81 bits per heavy atom. The summed E-state index contributed by atoms with van der Waals surface area (Å²) in [6, 6.07) is 7.54. The molecule has 0 bridgehead atoms. The summed E-state index contributed by atoms with van der Waals surface area (Å²) in [6.07, 6.45) is 1.40. The summed E-state index contributed by atoms with van der Waals surface area (Å²) in [5.41, 5.74) is 1.36. The average Bonchev–Trinajstić information content (AvgIpc) is 3.33. The number of carbonyl (C=O) groups is 2. The Hall–Kier alpha value is -3.24. The first-order valence-electron chi connectivity index (χ1n) is 9.63. The summed E-state index contributed by atoms with van der Waals surface area (Å²) in [5.74, 6) is -1.34. The van der Waals surface area contributed by atoms with E-state index >= 15 is 0 Å². The van der Waals surface area contributed by atoms with E-state index in [0.29, 0.717) is 17.0 Å². The van der Waals surface area contributed by atoms with Crippen LogP contribution < -0.4 is 0 Å². The van der Waals surface area contributed by atoms with E-state index in [1.807, 2.05) is 0 Å². The highest BCUT2D eigenvalue weighted by atomic mass is 32.2. The maximum Gasteiger partial charge on any atom is 0.354 e. The van der Waals surface area contributed by atoms with Gasteiger partial charge < -0.3 is 13.7 Å². The molecule has 0 radical (unpaired) electrons. The Morgan fingerprint density at radius 1 is 1.16 bits per heavy atom. The van der Waals surface area contributed by atoms with Gasteiger partial charge in [-0.05, 0) is 55.8 Å². The number of carbonyl (C=O) groups excluding carboxylic acids is 2. The SMILES string of the molecule is COC(=O)c1c(C)c(C(=O)CN(Cc2ccco2)S(=O)(=O)c2ccc(F)cc2)c(C)n1C. The largest absolute Gasteiger partial charge is 0.468 e. The third-order valence-electron chi connectivity index (χ3n) is 5.27. The van der Waals surface area contributed by atoms with Gasteiger partial charge in [0.05, 0.1) is 31.4 Å². The van der Waals surface area contributed by atoms with Gasteiger partial charge in [0.25, 0.3) is 0 Å². The van der Waals surface area contributed by atoms with Crippen molar-refractivity contribution in [3.05, 3.63) is 76.8 Å². The lowest BCUT2D eigenvalue weighted by Crippen LogP contribution is -2.35. The molecule has 3 aromatic rings. The lowest BCUT2D eigenvalue weighted by molar-refractivity contribution is 0.0588. The van der Waals surface area contributed by atoms with Gasteiger partial charge in [-0.2, -0.15) is 4.31 Å². The summed E-state index contributed by atoms with van der Waals surface area (Å²) in [4.78, 5) is 25.3. The molecule has 0 unspecified atom stereocenters. The Labute approximate surface area is 185 Å². The molecule has 0 fully saturated rings. The van der Waals surface area contributed by atoms with Crippen LogP contribution in [0.3, 0.4) is 0 Å². The Kier molecular flexibility index (Phi) is 6.65. The van der Waals surface area contributed by atoms with Crippen molar-refractivity contribution >= 4 is 21.8 Å². The molecule has 0 spiro atoms. The highest BCUT2D eigenvalue weighted by molar-refractivity contribution is 7.89. The number of benzene rings is 1. The molecule has 0 aliphatic rings. The van der Waals surface area contributed by atoms with Crippen LogP contribution in [0.4, 0.5) is 4.39 Å². The second-order valence-corrected chi connectivity index (χ2v) is 9.15. The minimum absolute atomic E-state index is 0.157. The van der Waals surface area contributed by atoms with Crippen LogP contribution >= 0.6 is 0 Å². The fourth-order valence-electron chi connectivity index (χ4n) is 3.57. The first kappa shape index (κ1) is 23.4. The number of aromatic nitrogens is 1. The minimum atomic E-state index is -4.16. The first-order valence-corrected chi connectivity index (χ1v) is 11.1. The first-order chi connectivity index (χ1) is 15.1. The van der Waals surface area contributed by atoms with E-state index in [4.69, 9.17) is 9.15 Å². The molecule has 0 aliphatic carbocycles. The molecule has 0 atom stereocenters. The number of hydrogen-bond donors (Lipinski definition) is 0. The normalized spacial score (nSPS) is 11.7. The Balaban J connectivity index is 2.01. The van der Waals surface area contributed by atoms with Crippen molar-refractivity contribution in [1.82, 2.24) is 8.87 Å². The number of furan rings is 1. The molecule has 2 aromatic heterocycles. The topological polar surface area (TPSA) is 98.8 Å². The summed E-state index contributed by atoms with van der Waals surface area (Å²) in [6.45, 7) is 2.57. The maximum absolute atomic E-state index is 13.3. The molecule has 0 N–H and O–H groups in total. The van der Waals surface area contributed by atoms with Crippen molar-refractivity contribution < 1.29 is 31.6 Å². The number of ether oxygens (including phenoxy) is 1. The van der Waals surface area contributed by atoms with E-state index in [1.165, 1.54) is 13.4 Å². The molecule has 170 valence electrons. The number of Topliss-reactive ketones (excluding diaryl/α,β-unsaturated/α-hetero) is 1. The quantitative estimate of drug-likeness (QED) is 0.377. The Bertz CT molecular complexity index is 1240. The van der Waals surface area contributed by atoms with E-state index in [9.17, 15) is 22.4 Å². The van der Waals surface area contributed by atoms with E-state index < -0.39 is 34.1 Å². The van der Waals surface area contributed by atoms with Crippen LogP contribution in [0.5, 0.6) is 0 Å². The summed E-state index contributed by atoms with van der Waals surface area (Å²) >= 11 is 0. The molecule has 3 rings (SSSR count). The number of hydrogen-bond acceptors (Lipinski definition) is 6. The predicted octanol–water partition coefficient (Wildman–Crippen LogP) is 3.23. The van der Waals surface area contributed by atoms with E-state index in [2.05, 4.69) is 0 Å². The van der Waals surface area contributed by atoms with Gasteiger partial charge in [-0.1, -0.05) is 0 Å². The molecule has 2 heterocycles. The molecule has 10 heteroatoms. The smallest absolute Gasteiger partial charge is 0.354 e. The highest BCUT2D eigenvalue weighted by Gasteiger charge is 2.31. The standard InChI is InChI=1S/C22H23FN2O6S/c1-14-20(15(2)24(3)21(14)22(27)30-4)19(26)13-25(12-17-6-5-11-31-17)32(28,29)18-9-7-16(23)8-10-18/h5-11H,12-13H2,1-4H3. The lowest BCUT2D eigenvalue weighted by atomic mass is 10.1. The number of halogens is 1. The fraction of sp³-hybridized carbons (Fsp3) is 0.273. The third kappa shape index (κ3) is 4.37. The molecule has 32 heavy (non-hydrogen) atoms. The van der Waals surface area contributed by atoms with Gasteiger partial charge in [-0.3, -0.25) is 4.79 Å². The second kappa shape index (κ2) is 9.09. The minimum Gasteiger partial charge on any atom is -0.468 e. The fourth-order valence-corrected chi connectivity index (χ4v) is 4.93. The number of rotatable bonds is 8. The molecular formula is C22H23FN2O6S. The van der Waals surface area contributed by atoms with Crippen LogP contribution in [0.2, 0.25) is 0 Å². The number of sulfonamides is 1. The van der Waals surface area contributed by atoms with Crippen LogP contribution in [-0.4, -0.2) is 42.7 Å². The zero-order valence-corrected chi connectivity index (χ0v) is 18.9. The molecule has 0 saturated heterocycles. The summed E-state index contributed by atoms with van der Waals surface area (Å²) in [7, 11) is -1.29. The van der Waals surface area contributed by atoms with Crippen molar-refractivity contribution in [2.24, 2.45) is 7.05 Å². The van der Waals surface area contributed by atoms with Crippen LogP contribution in [-0.2, 0) is 28.4 Å². The summed E-state index contributed by atoms with van der Waals surface area (Å²) in [5, 5.41) is 0. The van der Waals surface area contributed by atoms with Crippen LogP contribution in [0.25, 0.3) is 0 Å². The van der Waals surface area contributed by atoms with Gasteiger partial charge in [0, 0.05) is 18.3 Å². The van der Waals surface area contributed by atoms with Gasteiger partial charge in [0.2, 0.25) is 10.0 Å². The number of esters is 1. The zero-order valence-electron chi connectivity index (χ0n) is 18.1. The second-order valence-electron chi connectivity index (χ2n) is 7.21. The van der Waals surface area contributed by atoms with Gasteiger partial charge in [0.1, 0.15) is 17.3 Å². The molecule has 0 aliphatic heterocycles. The van der Waals surface area contributed by atoms with E-state index in [0.717, 1.165) is 28.6 Å². The highest BCUT2D eigenvalue weighted by Crippen LogP contribution is 2.25. The molecule has 1 aromatic carbocycles.